The van der Waals surface area contributed by atoms with Crippen LogP contribution < -0.4 is 14.2 Å². The molecule has 33 heavy (non-hydrogen) atoms. The minimum Gasteiger partial charge on any atom is -0.490 e. The van der Waals surface area contributed by atoms with Crippen LogP contribution in [0.25, 0.3) is 0 Å². The maximum atomic E-state index is 12.6. The maximum absolute atomic E-state index is 12.6. The van der Waals surface area contributed by atoms with Crippen LogP contribution in [-0.4, -0.2) is 32.7 Å². The summed E-state index contributed by atoms with van der Waals surface area (Å²) in [6.07, 6.45) is 1.28. The van der Waals surface area contributed by atoms with E-state index in [4.69, 9.17) is 14.6 Å². The second-order valence-electron chi connectivity index (χ2n) is 7.33. The second kappa shape index (κ2) is 11.4. The van der Waals surface area contributed by atoms with Crippen molar-refractivity contribution in [3.63, 3.8) is 0 Å². The quantitative estimate of drug-likeness (QED) is 0.378. The molecule has 8 heteroatoms. The number of hydrogen-bond donors (Lipinski definition) is 2. The van der Waals surface area contributed by atoms with Gasteiger partial charge in [0.15, 0.2) is 0 Å². The number of aliphatic carboxylic acids is 1. The zero-order valence-corrected chi connectivity index (χ0v) is 19.2. The maximum Gasteiger partial charge on any atom is 0.303 e. The summed E-state index contributed by atoms with van der Waals surface area (Å²) in [5, 5.41) is 8.87. The summed E-state index contributed by atoms with van der Waals surface area (Å²) < 4.78 is 39.1. The smallest absolute Gasteiger partial charge is 0.303 e. The van der Waals surface area contributed by atoms with Crippen molar-refractivity contribution in [1.29, 1.82) is 0 Å². The third-order valence-corrected chi connectivity index (χ3v) is 6.34. The van der Waals surface area contributed by atoms with E-state index in [1.54, 1.807) is 54.6 Å². The molecule has 2 N–H and O–H groups in total. The summed E-state index contributed by atoms with van der Waals surface area (Å²) in [7, 11) is -3.66. The minimum absolute atomic E-state index is 0.0387. The number of carboxylic acids is 1. The minimum atomic E-state index is -3.66. The van der Waals surface area contributed by atoms with Crippen LogP contribution >= 0.6 is 0 Å². The van der Waals surface area contributed by atoms with E-state index in [1.807, 2.05) is 25.1 Å². The van der Waals surface area contributed by atoms with Gasteiger partial charge in [-0.15, -0.1) is 0 Å². The standard InChI is InChI=1S/C25H27NO6S/c1-2-19-7-14-23(15-8-19)33(29,30)26-21-10-12-22(13-11-21)31-17-18-32-24-6-4-3-5-20(24)9-16-25(27)28/h3-8,10-15,26H,2,9,16-18H2,1H3,(H,27,28). The van der Waals surface area contributed by atoms with Crippen LogP contribution in [0.1, 0.15) is 24.5 Å². The van der Waals surface area contributed by atoms with Crippen molar-refractivity contribution in [1.82, 2.24) is 0 Å². The molecule has 7 nitrogen and oxygen atoms in total. The van der Waals surface area contributed by atoms with Gasteiger partial charge in [-0.3, -0.25) is 9.52 Å². The summed E-state index contributed by atoms with van der Waals surface area (Å²) in [5.41, 5.74) is 2.34. The Hall–Kier alpha value is -3.52. The van der Waals surface area contributed by atoms with Crippen LogP contribution in [0.15, 0.2) is 77.7 Å². The van der Waals surface area contributed by atoms with Crippen LogP contribution in [0, 0.1) is 0 Å². The van der Waals surface area contributed by atoms with Crippen LogP contribution in [-0.2, 0) is 27.7 Å². The highest BCUT2D eigenvalue weighted by Gasteiger charge is 2.14. The van der Waals surface area contributed by atoms with E-state index in [2.05, 4.69) is 4.72 Å². The fourth-order valence-electron chi connectivity index (χ4n) is 3.14. The van der Waals surface area contributed by atoms with Crippen molar-refractivity contribution in [3.8, 4) is 11.5 Å². The molecule has 0 bridgehead atoms. The molecule has 174 valence electrons. The monoisotopic (exact) mass is 469 g/mol. The van der Waals surface area contributed by atoms with Crippen molar-refractivity contribution in [2.45, 2.75) is 31.1 Å². The molecule has 3 aromatic carbocycles. The third kappa shape index (κ3) is 7.25. The topological polar surface area (TPSA) is 102 Å². The highest BCUT2D eigenvalue weighted by Crippen LogP contribution is 2.21. The Bertz CT molecular complexity index is 1160. The number of nitrogens with one attached hydrogen (secondary N) is 1. The number of carboxylic acid groups (broad SMARTS) is 1. The first-order valence-electron chi connectivity index (χ1n) is 10.6. The van der Waals surface area contributed by atoms with E-state index in [9.17, 15) is 13.2 Å². The van der Waals surface area contributed by atoms with E-state index in [0.29, 0.717) is 23.6 Å². The van der Waals surface area contributed by atoms with E-state index < -0.39 is 16.0 Å². The number of rotatable bonds is 12. The van der Waals surface area contributed by atoms with Gasteiger partial charge in [0.25, 0.3) is 10.0 Å². The molecule has 0 fully saturated rings. The van der Waals surface area contributed by atoms with E-state index in [1.165, 1.54) is 0 Å². The summed E-state index contributed by atoms with van der Waals surface area (Å²) in [6.45, 7) is 2.58. The Morgan fingerprint density at radius 2 is 1.58 bits per heavy atom. The van der Waals surface area contributed by atoms with Crippen LogP contribution in [0.2, 0.25) is 0 Å². The number of carbonyl (C=O) groups is 1. The van der Waals surface area contributed by atoms with Gasteiger partial charge in [-0.1, -0.05) is 37.3 Å². The molecular formula is C25H27NO6S. The number of para-hydroxylation sites is 1. The van der Waals surface area contributed by atoms with Gasteiger partial charge in [0, 0.05) is 12.1 Å². The van der Waals surface area contributed by atoms with Gasteiger partial charge >= 0.3 is 5.97 Å². The van der Waals surface area contributed by atoms with Crippen LogP contribution in [0.4, 0.5) is 5.69 Å². The second-order valence-corrected chi connectivity index (χ2v) is 9.01. The first-order chi connectivity index (χ1) is 15.9. The first kappa shape index (κ1) is 24.1. The summed E-state index contributed by atoms with van der Waals surface area (Å²) >= 11 is 0. The van der Waals surface area contributed by atoms with Crippen molar-refractivity contribution >= 4 is 21.7 Å². The summed E-state index contributed by atoms with van der Waals surface area (Å²) in [5.74, 6) is 0.361. The molecule has 0 aliphatic rings. The Morgan fingerprint density at radius 1 is 0.909 bits per heavy atom. The normalized spacial score (nSPS) is 11.1. The SMILES string of the molecule is CCc1ccc(S(=O)(=O)Nc2ccc(OCCOc3ccccc3CCC(=O)O)cc2)cc1. The number of benzene rings is 3. The highest BCUT2D eigenvalue weighted by atomic mass is 32.2. The molecular weight excluding hydrogens is 442 g/mol. The average Bonchev–Trinajstić information content (AvgIpc) is 2.82. The van der Waals surface area contributed by atoms with Gasteiger partial charge in [-0.05, 0) is 66.4 Å². The zero-order chi connectivity index (χ0) is 23.7. The van der Waals surface area contributed by atoms with Gasteiger partial charge in [0.1, 0.15) is 24.7 Å². The number of anilines is 1. The first-order valence-corrected chi connectivity index (χ1v) is 12.1. The van der Waals surface area contributed by atoms with Gasteiger partial charge in [0.05, 0.1) is 4.90 Å². The third-order valence-electron chi connectivity index (χ3n) is 4.94. The molecule has 3 rings (SSSR count). The molecule has 0 spiro atoms. The van der Waals surface area contributed by atoms with E-state index >= 15 is 0 Å². The number of ether oxygens (including phenoxy) is 2. The molecule has 0 aliphatic carbocycles. The molecule has 0 amide bonds. The zero-order valence-electron chi connectivity index (χ0n) is 18.4. The van der Waals surface area contributed by atoms with Crippen molar-refractivity contribution in [3.05, 3.63) is 83.9 Å². The van der Waals surface area contributed by atoms with Gasteiger partial charge in [0.2, 0.25) is 0 Å². The van der Waals surface area contributed by atoms with E-state index in [0.717, 1.165) is 17.5 Å². The Kier molecular flexibility index (Phi) is 8.32. The highest BCUT2D eigenvalue weighted by molar-refractivity contribution is 7.92. The van der Waals surface area contributed by atoms with Crippen molar-refractivity contribution < 1.29 is 27.8 Å². The molecule has 0 radical (unpaired) electrons. The fourth-order valence-corrected chi connectivity index (χ4v) is 4.20. The van der Waals surface area contributed by atoms with Crippen LogP contribution in [0.5, 0.6) is 11.5 Å². The van der Waals surface area contributed by atoms with Gasteiger partial charge in [-0.25, -0.2) is 8.42 Å². The fraction of sp³-hybridized carbons (Fsp3) is 0.240. The molecule has 0 aliphatic heterocycles. The Labute approximate surface area is 194 Å². The molecule has 0 unspecified atom stereocenters. The van der Waals surface area contributed by atoms with E-state index in [-0.39, 0.29) is 24.5 Å². The van der Waals surface area contributed by atoms with Crippen molar-refractivity contribution in [2.24, 2.45) is 0 Å². The molecule has 0 saturated carbocycles. The molecule has 0 atom stereocenters. The lowest BCUT2D eigenvalue weighted by Crippen LogP contribution is -2.13. The largest absolute Gasteiger partial charge is 0.490 e. The molecule has 0 heterocycles. The number of hydrogen-bond acceptors (Lipinski definition) is 5. The lowest BCUT2D eigenvalue weighted by atomic mass is 10.1. The molecule has 0 saturated heterocycles. The number of aryl methyl sites for hydroxylation is 2. The summed E-state index contributed by atoms with van der Waals surface area (Å²) in [4.78, 5) is 11.0. The molecule has 3 aromatic rings. The molecule has 0 aromatic heterocycles. The Morgan fingerprint density at radius 3 is 2.24 bits per heavy atom. The summed E-state index contributed by atoms with van der Waals surface area (Å²) in [6, 6.07) is 20.7. The predicted molar refractivity (Wildman–Crippen MR) is 126 cm³/mol. The van der Waals surface area contributed by atoms with Gasteiger partial charge in [-0.2, -0.15) is 0 Å². The van der Waals surface area contributed by atoms with Gasteiger partial charge < -0.3 is 14.6 Å². The van der Waals surface area contributed by atoms with Crippen LogP contribution in [0.3, 0.4) is 0 Å². The Balaban J connectivity index is 1.50. The number of sulfonamides is 1. The lowest BCUT2D eigenvalue weighted by Gasteiger charge is -2.12. The lowest BCUT2D eigenvalue weighted by molar-refractivity contribution is -0.136. The predicted octanol–water partition coefficient (Wildman–Crippen LogP) is 4.52. The van der Waals surface area contributed by atoms with Crippen molar-refractivity contribution in [2.75, 3.05) is 17.9 Å². The average molecular weight is 470 g/mol.